The van der Waals surface area contributed by atoms with E-state index in [0.29, 0.717) is 22.8 Å². The first-order valence-corrected chi connectivity index (χ1v) is 10.5. The fraction of sp³-hybridized carbons (Fsp3) is 0.217. The molecule has 3 aromatic heterocycles. The van der Waals surface area contributed by atoms with Crippen molar-refractivity contribution < 1.29 is 9.53 Å². The van der Waals surface area contributed by atoms with E-state index in [2.05, 4.69) is 20.4 Å². The number of nitrogens with zero attached hydrogens (tertiary/aromatic N) is 4. The van der Waals surface area contributed by atoms with Crippen LogP contribution in [0.1, 0.15) is 28.0 Å². The number of nitrogens with one attached hydrogen (secondary N) is 1. The van der Waals surface area contributed by atoms with Crippen LogP contribution in [-0.2, 0) is 6.42 Å². The molecule has 1 aromatic carbocycles. The van der Waals surface area contributed by atoms with Crippen LogP contribution in [-0.4, -0.2) is 39.1 Å². The van der Waals surface area contributed by atoms with Crippen molar-refractivity contribution in [2.45, 2.75) is 19.8 Å². The molecule has 0 saturated heterocycles. The van der Waals surface area contributed by atoms with Gasteiger partial charge in [-0.1, -0.05) is 23.7 Å². The summed E-state index contributed by atoms with van der Waals surface area (Å²) in [5.41, 5.74) is 10.2. The topological polar surface area (TPSA) is 107 Å². The summed E-state index contributed by atoms with van der Waals surface area (Å²) < 4.78 is 6.97. The minimum Gasteiger partial charge on any atom is -0.480 e. The second-order valence-electron chi connectivity index (χ2n) is 7.35. The molecule has 3 heterocycles. The molecule has 9 heteroatoms. The molecule has 4 aromatic rings. The Morgan fingerprint density at radius 1 is 1.19 bits per heavy atom. The van der Waals surface area contributed by atoms with E-state index in [0.717, 1.165) is 29.7 Å². The van der Waals surface area contributed by atoms with Crippen molar-refractivity contribution in [3.8, 4) is 17.0 Å². The number of methoxy groups -OCH3 is 1. The molecule has 0 aliphatic carbocycles. The van der Waals surface area contributed by atoms with Crippen LogP contribution in [0.3, 0.4) is 0 Å². The van der Waals surface area contributed by atoms with E-state index in [9.17, 15) is 4.79 Å². The molecule has 0 spiro atoms. The van der Waals surface area contributed by atoms with Gasteiger partial charge >= 0.3 is 0 Å². The number of ether oxygens (including phenoxy) is 1. The van der Waals surface area contributed by atoms with Crippen LogP contribution in [0.4, 0.5) is 5.95 Å². The molecule has 0 radical (unpaired) electrons. The summed E-state index contributed by atoms with van der Waals surface area (Å²) in [7, 11) is 1.50. The second kappa shape index (κ2) is 9.23. The van der Waals surface area contributed by atoms with Crippen LogP contribution in [0.15, 0.2) is 48.7 Å². The van der Waals surface area contributed by atoms with E-state index in [1.54, 1.807) is 16.8 Å². The average Bonchev–Trinajstić information content (AvgIpc) is 3.16. The highest BCUT2D eigenvalue weighted by molar-refractivity contribution is 6.30. The molecule has 164 valence electrons. The van der Waals surface area contributed by atoms with Gasteiger partial charge in [0.1, 0.15) is 5.56 Å². The van der Waals surface area contributed by atoms with Gasteiger partial charge in [0.25, 0.3) is 5.91 Å². The molecule has 0 aliphatic rings. The number of halogens is 1. The third-order valence-corrected chi connectivity index (χ3v) is 5.37. The summed E-state index contributed by atoms with van der Waals surface area (Å²) in [5.74, 6) is 0.249. The number of nitrogens with two attached hydrogens (primary N) is 1. The molecular weight excluding hydrogens is 428 g/mol. The summed E-state index contributed by atoms with van der Waals surface area (Å²) in [6.07, 6.45) is 3.41. The zero-order valence-corrected chi connectivity index (χ0v) is 18.6. The van der Waals surface area contributed by atoms with Crippen LogP contribution < -0.4 is 15.8 Å². The lowest BCUT2D eigenvalue weighted by Gasteiger charge is -2.13. The van der Waals surface area contributed by atoms with E-state index in [1.165, 1.54) is 12.7 Å². The Morgan fingerprint density at radius 2 is 1.97 bits per heavy atom. The van der Waals surface area contributed by atoms with Gasteiger partial charge in [-0.25, -0.2) is 9.50 Å². The highest BCUT2D eigenvalue weighted by Crippen LogP contribution is 2.28. The van der Waals surface area contributed by atoms with Crippen molar-refractivity contribution in [2.24, 2.45) is 0 Å². The number of hydrogen-bond donors (Lipinski definition) is 2. The molecule has 0 atom stereocenters. The standard InChI is InChI=1S/C23H23ClN6O2/c1-14-18(16-9-11-30-20(12-16)28-23(25)29-30)13-19(22(27-14)32-2)21(31)26-10-3-4-15-5-7-17(24)8-6-15/h5-9,11-13H,3-4,10H2,1-2H3,(H2,25,29)(H,26,31). The van der Waals surface area contributed by atoms with Gasteiger partial charge in [-0.2, -0.15) is 4.98 Å². The van der Waals surface area contributed by atoms with Crippen LogP contribution >= 0.6 is 11.6 Å². The zero-order valence-electron chi connectivity index (χ0n) is 17.8. The van der Waals surface area contributed by atoms with Gasteiger partial charge in [-0.3, -0.25) is 4.79 Å². The number of fused-ring (bicyclic) bond motifs is 1. The molecule has 0 unspecified atom stereocenters. The van der Waals surface area contributed by atoms with E-state index < -0.39 is 0 Å². The third-order valence-electron chi connectivity index (χ3n) is 5.12. The number of carbonyl (C=O) groups excluding carboxylic acids is 1. The fourth-order valence-corrected chi connectivity index (χ4v) is 3.63. The van der Waals surface area contributed by atoms with Crippen molar-refractivity contribution >= 4 is 29.1 Å². The zero-order chi connectivity index (χ0) is 22.7. The Labute approximate surface area is 190 Å². The monoisotopic (exact) mass is 450 g/mol. The molecular formula is C23H23ClN6O2. The highest BCUT2D eigenvalue weighted by atomic mass is 35.5. The van der Waals surface area contributed by atoms with Gasteiger partial charge in [0.2, 0.25) is 11.8 Å². The fourth-order valence-electron chi connectivity index (χ4n) is 3.50. The molecule has 0 bridgehead atoms. The first-order valence-electron chi connectivity index (χ1n) is 10.1. The predicted octanol–water partition coefficient (Wildman–Crippen LogP) is 3.71. The highest BCUT2D eigenvalue weighted by Gasteiger charge is 2.18. The largest absolute Gasteiger partial charge is 0.480 e. The van der Waals surface area contributed by atoms with E-state index >= 15 is 0 Å². The Bertz CT molecular complexity index is 1270. The number of hydrogen-bond acceptors (Lipinski definition) is 6. The van der Waals surface area contributed by atoms with Gasteiger partial charge in [0, 0.05) is 29.0 Å². The van der Waals surface area contributed by atoms with Crippen LogP contribution in [0.2, 0.25) is 5.02 Å². The number of rotatable bonds is 7. The lowest BCUT2D eigenvalue weighted by molar-refractivity contribution is 0.0949. The van der Waals surface area contributed by atoms with E-state index in [-0.39, 0.29) is 17.7 Å². The van der Waals surface area contributed by atoms with E-state index in [4.69, 9.17) is 22.1 Å². The van der Waals surface area contributed by atoms with Crippen molar-refractivity contribution in [2.75, 3.05) is 19.4 Å². The van der Waals surface area contributed by atoms with Crippen LogP contribution in [0.5, 0.6) is 5.88 Å². The Morgan fingerprint density at radius 3 is 2.72 bits per heavy atom. The second-order valence-corrected chi connectivity index (χ2v) is 7.79. The first kappa shape index (κ1) is 21.6. The summed E-state index contributed by atoms with van der Waals surface area (Å²) in [6.45, 7) is 2.40. The summed E-state index contributed by atoms with van der Waals surface area (Å²) in [6, 6.07) is 13.2. The number of nitrogen functional groups attached to an aromatic ring is 1. The number of carbonyl (C=O) groups is 1. The van der Waals surface area contributed by atoms with Crippen molar-refractivity contribution in [1.82, 2.24) is 24.9 Å². The maximum Gasteiger partial charge on any atom is 0.256 e. The third kappa shape index (κ3) is 4.65. The quantitative estimate of drug-likeness (QED) is 0.415. The lowest BCUT2D eigenvalue weighted by Crippen LogP contribution is -2.25. The van der Waals surface area contributed by atoms with Gasteiger partial charge in [-0.15, -0.1) is 5.10 Å². The van der Waals surface area contributed by atoms with Crippen molar-refractivity contribution in [3.05, 3.63) is 70.5 Å². The Kier molecular flexibility index (Phi) is 6.23. The lowest BCUT2D eigenvalue weighted by atomic mass is 10.0. The number of anilines is 1. The molecule has 4 rings (SSSR count). The smallest absolute Gasteiger partial charge is 0.256 e. The summed E-state index contributed by atoms with van der Waals surface area (Å²) >= 11 is 5.92. The minimum atomic E-state index is -0.237. The van der Waals surface area contributed by atoms with Crippen molar-refractivity contribution in [1.29, 1.82) is 0 Å². The molecule has 3 N–H and O–H groups in total. The Balaban J connectivity index is 1.51. The normalized spacial score (nSPS) is 11.0. The van der Waals surface area contributed by atoms with Gasteiger partial charge in [0.15, 0.2) is 5.65 Å². The molecule has 8 nitrogen and oxygen atoms in total. The molecule has 0 aliphatic heterocycles. The number of amides is 1. The molecule has 0 saturated carbocycles. The molecule has 1 amide bonds. The SMILES string of the molecule is COc1nc(C)c(-c2ccn3nc(N)nc3c2)cc1C(=O)NCCCc1ccc(Cl)cc1. The number of aryl methyl sites for hydroxylation is 2. The Hall–Kier alpha value is -3.65. The molecule has 32 heavy (non-hydrogen) atoms. The summed E-state index contributed by atoms with van der Waals surface area (Å²) in [5, 5.41) is 7.76. The average molecular weight is 451 g/mol. The van der Waals surface area contributed by atoms with Crippen LogP contribution in [0.25, 0.3) is 16.8 Å². The van der Waals surface area contributed by atoms with Gasteiger partial charge in [-0.05, 0) is 61.2 Å². The van der Waals surface area contributed by atoms with Crippen LogP contribution in [0, 0.1) is 6.92 Å². The van der Waals surface area contributed by atoms with Gasteiger partial charge in [0.05, 0.1) is 7.11 Å². The van der Waals surface area contributed by atoms with E-state index in [1.807, 2.05) is 43.3 Å². The predicted molar refractivity (Wildman–Crippen MR) is 124 cm³/mol. The van der Waals surface area contributed by atoms with Gasteiger partial charge < -0.3 is 15.8 Å². The number of aromatic nitrogens is 4. The number of benzene rings is 1. The minimum absolute atomic E-state index is 0.199. The summed E-state index contributed by atoms with van der Waals surface area (Å²) in [4.78, 5) is 21.6. The van der Waals surface area contributed by atoms with Crippen molar-refractivity contribution in [3.63, 3.8) is 0 Å². The first-order chi connectivity index (χ1) is 15.4. The maximum absolute atomic E-state index is 12.9. The maximum atomic E-state index is 12.9. The number of pyridine rings is 2. The molecule has 0 fully saturated rings.